The van der Waals surface area contributed by atoms with Crippen LogP contribution in [0.25, 0.3) is 0 Å². The molecule has 1 aromatic rings. The standard InChI is InChI=1S/C10H16ClN3O/c1-4-14-10(8(11)5-13-14)9(15)6-12-7(2)3/h5,7,12H,4,6H2,1-3H3. The highest BCUT2D eigenvalue weighted by Crippen LogP contribution is 2.15. The first kappa shape index (κ1) is 12.2. The van der Waals surface area contributed by atoms with Crippen molar-refractivity contribution in [3.63, 3.8) is 0 Å². The van der Waals surface area contributed by atoms with E-state index in [-0.39, 0.29) is 11.8 Å². The lowest BCUT2D eigenvalue weighted by Crippen LogP contribution is -2.30. The Morgan fingerprint density at radius 3 is 2.87 bits per heavy atom. The molecule has 4 nitrogen and oxygen atoms in total. The number of hydrogen-bond donors (Lipinski definition) is 1. The molecular weight excluding hydrogens is 214 g/mol. The number of rotatable bonds is 5. The van der Waals surface area contributed by atoms with Crippen LogP contribution in [0.5, 0.6) is 0 Å². The SMILES string of the molecule is CCn1ncc(Cl)c1C(=O)CNC(C)C. The summed E-state index contributed by atoms with van der Waals surface area (Å²) in [6.45, 7) is 6.85. The molecule has 0 atom stereocenters. The monoisotopic (exact) mass is 229 g/mol. The van der Waals surface area contributed by atoms with Gasteiger partial charge in [-0.25, -0.2) is 0 Å². The molecule has 0 aliphatic heterocycles. The lowest BCUT2D eigenvalue weighted by molar-refractivity contribution is 0.0978. The van der Waals surface area contributed by atoms with Crippen LogP contribution in [0.15, 0.2) is 6.20 Å². The zero-order chi connectivity index (χ0) is 11.4. The van der Waals surface area contributed by atoms with Gasteiger partial charge in [0.2, 0.25) is 0 Å². The van der Waals surface area contributed by atoms with E-state index in [1.807, 2.05) is 20.8 Å². The second-order valence-electron chi connectivity index (χ2n) is 3.62. The highest BCUT2D eigenvalue weighted by atomic mass is 35.5. The largest absolute Gasteiger partial charge is 0.307 e. The van der Waals surface area contributed by atoms with Gasteiger partial charge in [-0.05, 0) is 6.92 Å². The molecule has 0 unspecified atom stereocenters. The number of aromatic nitrogens is 2. The summed E-state index contributed by atoms with van der Waals surface area (Å²) in [6, 6.07) is 0.283. The summed E-state index contributed by atoms with van der Waals surface area (Å²) in [5.74, 6) is -0.0203. The van der Waals surface area contributed by atoms with Crippen molar-refractivity contribution in [3.8, 4) is 0 Å². The fourth-order valence-corrected chi connectivity index (χ4v) is 1.51. The molecule has 0 spiro atoms. The minimum atomic E-state index is -0.0203. The van der Waals surface area contributed by atoms with Gasteiger partial charge in [0, 0.05) is 12.6 Å². The van der Waals surface area contributed by atoms with Gasteiger partial charge in [-0.1, -0.05) is 25.4 Å². The molecule has 84 valence electrons. The minimum absolute atomic E-state index is 0.0203. The lowest BCUT2D eigenvalue weighted by Gasteiger charge is -2.08. The van der Waals surface area contributed by atoms with Crippen LogP contribution in [-0.2, 0) is 6.54 Å². The summed E-state index contributed by atoms with van der Waals surface area (Å²) in [4.78, 5) is 11.8. The van der Waals surface area contributed by atoms with E-state index >= 15 is 0 Å². The van der Waals surface area contributed by atoms with Gasteiger partial charge in [0.25, 0.3) is 0 Å². The summed E-state index contributed by atoms with van der Waals surface area (Å²) >= 11 is 5.90. The molecule has 0 fully saturated rings. The molecular formula is C10H16ClN3O. The Morgan fingerprint density at radius 1 is 1.67 bits per heavy atom. The normalized spacial score (nSPS) is 11.0. The summed E-state index contributed by atoms with van der Waals surface area (Å²) in [6.07, 6.45) is 1.51. The number of nitrogens with one attached hydrogen (secondary N) is 1. The van der Waals surface area contributed by atoms with E-state index in [4.69, 9.17) is 11.6 Å². The second kappa shape index (κ2) is 5.28. The van der Waals surface area contributed by atoms with E-state index in [9.17, 15) is 4.79 Å². The van der Waals surface area contributed by atoms with Gasteiger partial charge >= 0.3 is 0 Å². The van der Waals surface area contributed by atoms with Crippen molar-refractivity contribution < 1.29 is 4.79 Å². The number of hydrogen-bond acceptors (Lipinski definition) is 3. The summed E-state index contributed by atoms with van der Waals surface area (Å²) in [7, 11) is 0. The van der Waals surface area contributed by atoms with Crippen LogP contribution in [0.4, 0.5) is 0 Å². The maximum atomic E-state index is 11.8. The fourth-order valence-electron chi connectivity index (χ4n) is 1.26. The van der Waals surface area contributed by atoms with Crippen LogP contribution in [0.3, 0.4) is 0 Å². The van der Waals surface area contributed by atoms with Crippen molar-refractivity contribution in [1.82, 2.24) is 15.1 Å². The van der Waals surface area contributed by atoms with Crippen LogP contribution in [0.1, 0.15) is 31.3 Å². The van der Waals surface area contributed by atoms with Gasteiger partial charge in [-0.3, -0.25) is 9.48 Å². The molecule has 5 heteroatoms. The van der Waals surface area contributed by atoms with Gasteiger partial charge in [0.1, 0.15) is 5.69 Å². The molecule has 0 saturated heterocycles. The zero-order valence-corrected chi connectivity index (χ0v) is 10.0. The van der Waals surface area contributed by atoms with E-state index in [1.165, 1.54) is 6.20 Å². The van der Waals surface area contributed by atoms with Crippen molar-refractivity contribution in [2.24, 2.45) is 0 Å². The number of halogens is 1. The highest BCUT2D eigenvalue weighted by molar-refractivity contribution is 6.33. The van der Waals surface area contributed by atoms with Crippen LogP contribution in [0, 0.1) is 0 Å². The van der Waals surface area contributed by atoms with Crippen LogP contribution in [0.2, 0.25) is 5.02 Å². The smallest absolute Gasteiger partial charge is 0.196 e. The summed E-state index contributed by atoms with van der Waals surface area (Å²) < 4.78 is 1.62. The molecule has 0 bridgehead atoms. The first-order valence-corrected chi connectivity index (χ1v) is 5.42. The van der Waals surface area contributed by atoms with Gasteiger partial charge in [-0.15, -0.1) is 0 Å². The molecule has 0 aromatic carbocycles. The Kier molecular flexibility index (Phi) is 4.29. The second-order valence-corrected chi connectivity index (χ2v) is 4.02. The first-order valence-electron chi connectivity index (χ1n) is 5.04. The van der Waals surface area contributed by atoms with Crippen LogP contribution >= 0.6 is 11.6 Å². The number of carbonyl (C=O) groups is 1. The molecule has 1 aromatic heterocycles. The van der Waals surface area contributed by atoms with Gasteiger partial charge in [0.15, 0.2) is 5.78 Å². The van der Waals surface area contributed by atoms with Crippen LogP contribution in [-0.4, -0.2) is 28.2 Å². The molecule has 0 aliphatic carbocycles. The fraction of sp³-hybridized carbons (Fsp3) is 0.600. The zero-order valence-electron chi connectivity index (χ0n) is 9.25. The maximum Gasteiger partial charge on any atom is 0.196 e. The molecule has 1 rings (SSSR count). The lowest BCUT2D eigenvalue weighted by atomic mass is 10.2. The topological polar surface area (TPSA) is 46.9 Å². The average molecular weight is 230 g/mol. The first-order chi connectivity index (χ1) is 7.06. The van der Waals surface area contributed by atoms with E-state index in [0.717, 1.165) is 0 Å². The number of carbonyl (C=O) groups excluding carboxylic acids is 1. The Hall–Kier alpha value is -0.870. The molecule has 1 heterocycles. The molecule has 1 N–H and O–H groups in total. The Morgan fingerprint density at radius 2 is 2.33 bits per heavy atom. The quantitative estimate of drug-likeness (QED) is 0.783. The summed E-state index contributed by atoms with van der Waals surface area (Å²) in [5.41, 5.74) is 0.493. The van der Waals surface area contributed by atoms with E-state index < -0.39 is 0 Å². The Bertz CT molecular complexity index is 346. The third-order valence-electron chi connectivity index (χ3n) is 2.03. The Balaban J connectivity index is 2.76. The molecule has 0 radical (unpaired) electrons. The van der Waals surface area contributed by atoms with Gasteiger partial charge in [-0.2, -0.15) is 5.10 Å². The van der Waals surface area contributed by atoms with E-state index in [1.54, 1.807) is 4.68 Å². The maximum absolute atomic E-state index is 11.8. The molecule has 0 aliphatic rings. The van der Waals surface area contributed by atoms with Crippen molar-refractivity contribution in [3.05, 3.63) is 16.9 Å². The predicted molar refractivity (Wildman–Crippen MR) is 60.4 cm³/mol. The number of ketones is 1. The predicted octanol–water partition coefficient (Wildman–Crippen LogP) is 1.74. The van der Waals surface area contributed by atoms with Crippen molar-refractivity contribution in [2.45, 2.75) is 33.4 Å². The van der Waals surface area contributed by atoms with Gasteiger partial charge < -0.3 is 5.32 Å². The third-order valence-corrected chi connectivity index (χ3v) is 2.31. The van der Waals surface area contributed by atoms with Crippen molar-refractivity contribution in [2.75, 3.05) is 6.54 Å². The van der Waals surface area contributed by atoms with Crippen LogP contribution < -0.4 is 5.32 Å². The number of Topliss-reactive ketones (excluding diaryl/α,β-unsaturated/α-hetero) is 1. The number of aryl methyl sites for hydroxylation is 1. The molecule has 15 heavy (non-hydrogen) atoms. The number of nitrogens with zero attached hydrogens (tertiary/aromatic N) is 2. The molecule has 0 saturated carbocycles. The Labute approximate surface area is 94.6 Å². The average Bonchev–Trinajstić information content (AvgIpc) is 2.56. The van der Waals surface area contributed by atoms with Gasteiger partial charge in [0.05, 0.1) is 17.8 Å². The van der Waals surface area contributed by atoms with E-state index in [0.29, 0.717) is 23.8 Å². The van der Waals surface area contributed by atoms with Crippen molar-refractivity contribution in [1.29, 1.82) is 0 Å². The minimum Gasteiger partial charge on any atom is -0.307 e. The van der Waals surface area contributed by atoms with Crippen molar-refractivity contribution >= 4 is 17.4 Å². The third kappa shape index (κ3) is 3.04. The summed E-state index contributed by atoms with van der Waals surface area (Å²) in [5, 5.41) is 7.50. The van der Waals surface area contributed by atoms with E-state index in [2.05, 4.69) is 10.4 Å². The molecule has 0 amide bonds. The highest BCUT2D eigenvalue weighted by Gasteiger charge is 2.16.